The lowest BCUT2D eigenvalue weighted by Gasteiger charge is -2.33. The lowest BCUT2D eigenvalue weighted by atomic mass is 9.86. The quantitative estimate of drug-likeness (QED) is 0.379. The molecule has 0 radical (unpaired) electrons. The highest BCUT2D eigenvalue weighted by molar-refractivity contribution is 6.30. The van der Waals surface area contributed by atoms with Crippen molar-refractivity contribution >= 4 is 22.8 Å². The lowest BCUT2D eigenvalue weighted by molar-refractivity contribution is -0.0505. The molecule has 0 unspecified atom stereocenters. The van der Waals surface area contributed by atoms with Gasteiger partial charge in [0, 0.05) is 46.6 Å². The highest BCUT2D eigenvalue weighted by Gasteiger charge is 2.31. The van der Waals surface area contributed by atoms with E-state index in [4.69, 9.17) is 31.3 Å². The summed E-state index contributed by atoms with van der Waals surface area (Å²) >= 11 is 6.01. The Morgan fingerprint density at radius 1 is 1.06 bits per heavy atom. The fourth-order valence-corrected chi connectivity index (χ4v) is 4.71. The van der Waals surface area contributed by atoms with Crippen molar-refractivity contribution in [3.8, 4) is 11.1 Å². The second-order valence-corrected chi connectivity index (χ2v) is 9.27. The Morgan fingerprint density at radius 3 is 2.58 bits per heavy atom. The molecule has 1 fully saturated rings. The van der Waals surface area contributed by atoms with Crippen molar-refractivity contribution in [1.82, 2.24) is 24.7 Å². The van der Waals surface area contributed by atoms with Gasteiger partial charge in [-0.1, -0.05) is 11.6 Å². The third-order valence-corrected chi connectivity index (χ3v) is 6.55. The molecule has 5 rings (SSSR count). The Bertz CT molecular complexity index is 1350. The lowest BCUT2D eigenvalue weighted by Crippen LogP contribution is -2.25. The van der Waals surface area contributed by atoms with Gasteiger partial charge in [0.05, 0.1) is 29.8 Å². The maximum atomic E-state index is 15.0. The molecule has 170 valence electrons. The van der Waals surface area contributed by atoms with E-state index in [1.165, 1.54) is 6.07 Å². The zero-order valence-electron chi connectivity index (χ0n) is 19.0. The number of rotatable bonds is 3. The summed E-state index contributed by atoms with van der Waals surface area (Å²) in [5.74, 6) is -0.268. The summed E-state index contributed by atoms with van der Waals surface area (Å²) in [6, 6.07) is 6.67. The number of hydrogen-bond acceptors (Lipinski definition) is 5. The first-order valence-corrected chi connectivity index (χ1v) is 11.4. The molecule has 1 aromatic carbocycles. The summed E-state index contributed by atoms with van der Waals surface area (Å²) in [7, 11) is 1.90. The second-order valence-electron chi connectivity index (χ2n) is 8.84. The normalized spacial score (nSPS) is 21.0. The zero-order valence-corrected chi connectivity index (χ0v) is 19.8. The molecule has 33 heavy (non-hydrogen) atoms. The topological polar surface area (TPSA) is 65.7 Å². The summed E-state index contributed by atoms with van der Waals surface area (Å²) in [5.41, 5.74) is 5.75. The number of nitrogens with zero attached hydrogens (tertiary/aromatic N) is 5. The molecule has 1 saturated heterocycles. The van der Waals surface area contributed by atoms with Crippen LogP contribution in [0.3, 0.4) is 0 Å². The van der Waals surface area contributed by atoms with Gasteiger partial charge in [0.15, 0.2) is 5.65 Å². The molecule has 0 N–H and O–H groups in total. The van der Waals surface area contributed by atoms with E-state index in [-0.39, 0.29) is 18.1 Å². The molecule has 1 aliphatic rings. The SMILES string of the molecule is Cc1nc2nc([C@@H]3C[C@H](C)O[C@@H](c4cnn(C)c4)C3)cc(-c3ccc(Cl)cc3F)c2nc1C. The predicted molar refractivity (Wildman–Crippen MR) is 126 cm³/mol. The van der Waals surface area contributed by atoms with Gasteiger partial charge in [-0.2, -0.15) is 5.10 Å². The summed E-state index contributed by atoms with van der Waals surface area (Å²) < 4.78 is 23.0. The molecule has 3 aromatic heterocycles. The predicted octanol–water partition coefficient (Wildman–Crippen LogP) is 5.86. The van der Waals surface area contributed by atoms with Crippen LogP contribution >= 0.6 is 11.6 Å². The third-order valence-electron chi connectivity index (χ3n) is 6.32. The van der Waals surface area contributed by atoms with Crippen LogP contribution in [0.2, 0.25) is 5.02 Å². The number of fused-ring (bicyclic) bond motifs is 1. The van der Waals surface area contributed by atoms with Gasteiger partial charge < -0.3 is 4.74 Å². The number of aromatic nitrogens is 5. The highest BCUT2D eigenvalue weighted by atomic mass is 35.5. The Kier molecular flexibility index (Phi) is 5.62. The van der Waals surface area contributed by atoms with Gasteiger partial charge in [-0.15, -0.1) is 0 Å². The largest absolute Gasteiger partial charge is 0.370 e. The molecular weight excluding hydrogens is 441 g/mol. The standard InChI is InChI=1S/C25H25ClFN5O/c1-13-7-16(8-23(33-13)17-11-28-32(4)12-17)22-10-20(19-6-5-18(26)9-21(19)27)24-25(31-22)30-15(3)14(2)29-24/h5-6,9-13,16,23H,7-8H2,1-4H3/t13-,16+,23+/m0/s1. The molecule has 4 aromatic rings. The Morgan fingerprint density at radius 2 is 1.85 bits per heavy atom. The van der Waals surface area contributed by atoms with Crippen LogP contribution in [0.15, 0.2) is 36.7 Å². The summed E-state index contributed by atoms with van der Waals surface area (Å²) in [6.07, 6.45) is 5.38. The molecule has 8 heteroatoms. The van der Waals surface area contributed by atoms with Crippen molar-refractivity contribution in [2.24, 2.45) is 7.05 Å². The van der Waals surface area contributed by atoms with Crippen LogP contribution in [-0.4, -0.2) is 30.8 Å². The second kappa shape index (κ2) is 8.47. The van der Waals surface area contributed by atoms with Gasteiger partial charge >= 0.3 is 0 Å². The monoisotopic (exact) mass is 465 g/mol. The van der Waals surface area contributed by atoms with E-state index in [1.807, 2.05) is 39.4 Å². The fourth-order valence-electron chi connectivity index (χ4n) is 4.55. The van der Waals surface area contributed by atoms with E-state index < -0.39 is 5.82 Å². The molecule has 0 bridgehead atoms. The summed E-state index contributed by atoms with van der Waals surface area (Å²) in [4.78, 5) is 14.3. The maximum absolute atomic E-state index is 15.0. The minimum Gasteiger partial charge on any atom is -0.370 e. The molecule has 0 amide bonds. The van der Waals surface area contributed by atoms with E-state index in [9.17, 15) is 4.39 Å². The Balaban J connectivity index is 1.64. The third kappa shape index (κ3) is 4.23. The average Bonchev–Trinajstić information content (AvgIpc) is 3.20. The van der Waals surface area contributed by atoms with Crippen LogP contribution in [-0.2, 0) is 11.8 Å². The van der Waals surface area contributed by atoms with Crippen LogP contribution in [0, 0.1) is 19.7 Å². The van der Waals surface area contributed by atoms with Gasteiger partial charge in [-0.25, -0.2) is 19.3 Å². The van der Waals surface area contributed by atoms with Crippen LogP contribution in [0.4, 0.5) is 4.39 Å². The van der Waals surface area contributed by atoms with E-state index in [0.717, 1.165) is 35.5 Å². The number of ether oxygens (including phenoxy) is 1. The van der Waals surface area contributed by atoms with Crippen molar-refractivity contribution in [3.05, 3.63) is 70.1 Å². The van der Waals surface area contributed by atoms with Crippen molar-refractivity contribution in [1.29, 1.82) is 0 Å². The number of hydrogen-bond donors (Lipinski definition) is 0. The van der Waals surface area contributed by atoms with Crippen LogP contribution in [0.5, 0.6) is 0 Å². The molecule has 0 saturated carbocycles. The first-order chi connectivity index (χ1) is 15.8. The number of aryl methyl sites for hydroxylation is 3. The number of pyridine rings is 1. The molecular formula is C25H25ClFN5O. The van der Waals surface area contributed by atoms with Crippen molar-refractivity contribution in [2.75, 3.05) is 0 Å². The average molecular weight is 466 g/mol. The van der Waals surface area contributed by atoms with E-state index in [2.05, 4.69) is 12.0 Å². The minimum atomic E-state index is -0.394. The molecule has 6 nitrogen and oxygen atoms in total. The first kappa shape index (κ1) is 21.9. The zero-order chi connectivity index (χ0) is 23.3. The Hall–Kier alpha value is -2.90. The van der Waals surface area contributed by atoms with Gasteiger partial charge in [0.2, 0.25) is 0 Å². The smallest absolute Gasteiger partial charge is 0.179 e. The molecule has 1 aliphatic heterocycles. The van der Waals surface area contributed by atoms with Gasteiger partial charge in [-0.3, -0.25) is 4.68 Å². The fraction of sp³-hybridized carbons (Fsp3) is 0.360. The maximum Gasteiger partial charge on any atom is 0.179 e. The molecule has 4 heterocycles. The van der Waals surface area contributed by atoms with Gasteiger partial charge in [-0.05, 0) is 57.9 Å². The Labute approximate surface area is 196 Å². The molecule has 3 atom stereocenters. The van der Waals surface area contributed by atoms with Crippen molar-refractivity contribution in [3.63, 3.8) is 0 Å². The number of halogens is 2. The molecule has 0 spiro atoms. The minimum absolute atomic E-state index is 0.0491. The van der Waals surface area contributed by atoms with E-state index >= 15 is 0 Å². The van der Waals surface area contributed by atoms with E-state index in [1.54, 1.807) is 16.8 Å². The van der Waals surface area contributed by atoms with Crippen molar-refractivity contribution < 1.29 is 9.13 Å². The van der Waals surface area contributed by atoms with Crippen LogP contribution in [0.25, 0.3) is 22.3 Å². The highest BCUT2D eigenvalue weighted by Crippen LogP contribution is 2.41. The van der Waals surface area contributed by atoms with Gasteiger partial charge in [0.25, 0.3) is 0 Å². The van der Waals surface area contributed by atoms with Crippen molar-refractivity contribution in [2.45, 2.75) is 51.7 Å². The first-order valence-electron chi connectivity index (χ1n) is 11.0. The van der Waals surface area contributed by atoms with Crippen LogP contribution in [0.1, 0.15) is 54.4 Å². The number of benzene rings is 1. The van der Waals surface area contributed by atoms with E-state index in [0.29, 0.717) is 27.3 Å². The molecule has 0 aliphatic carbocycles. The summed E-state index contributed by atoms with van der Waals surface area (Å²) in [5, 5.41) is 4.65. The van der Waals surface area contributed by atoms with Crippen LogP contribution < -0.4 is 0 Å². The van der Waals surface area contributed by atoms with Gasteiger partial charge in [0.1, 0.15) is 11.3 Å². The summed E-state index contributed by atoms with van der Waals surface area (Å²) in [6.45, 7) is 5.88.